The van der Waals surface area contributed by atoms with Gasteiger partial charge in [-0.1, -0.05) is 0 Å². The number of likely N-dealkylation sites (N-methyl/N-ethyl adjacent to an activating group) is 1. The van der Waals surface area contributed by atoms with E-state index in [1.165, 1.54) is 18.2 Å². The molecular formula is C12H24N3O3S. The maximum atomic E-state index is 11.4. The van der Waals surface area contributed by atoms with Gasteiger partial charge in [-0.15, -0.1) is 0 Å². The highest BCUT2D eigenvalue weighted by atomic mass is 32.2. The second kappa shape index (κ2) is 12.3. The molecule has 0 bridgehead atoms. The highest BCUT2D eigenvalue weighted by Crippen LogP contribution is 2.00. The lowest BCUT2D eigenvalue weighted by atomic mass is 10.4. The fourth-order valence-corrected chi connectivity index (χ4v) is 1.78. The summed E-state index contributed by atoms with van der Waals surface area (Å²) in [5, 5.41) is 2.79. The van der Waals surface area contributed by atoms with Crippen molar-refractivity contribution in [3.05, 3.63) is 6.42 Å². The first-order chi connectivity index (χ1) is 9.02. The van der Waals surface area contributed by atoms with Gasteiger partial charge in [0.05, 0.1) is 18.8 Å². The summed E-state index contributed by atoms with van der Waals surface area (Å²) in [5.74, 6) is 0.320. The van der Waals surface area contributed by atoms with Crippen molar-refractivity contribution in [2.75, 3.05) is 51.9 Å². The van der Waals surface area contributed by atoms with Gasteiger partial charge in [0.2, 0.25) is 11.8 Å². The molecule has 0 heterocycles. The lowest BCUT2D eigenvalue weighted by Gasteiger charge is -2.10. The standard InChI is InChI=1S/C12H24N3O3S/c1-15(2)6-8-18-7-3-5-14-12(17)10-19-9-4-11(13)16/h4H,3,5-10H2,1-2H3,(H2,13,16)(H,14,17). The highest BCUT2D eigenvalue weighted by Gasteiger charge is 2.02. The van der Waals surface area contributed by atoms with Gasteiger partial charge in [0.25, 0.3) is 0 Å². The molecule has 0 rings (SSSR count). The summed E-state index contributed by atoms with van der Waals surface area (Å²) < 4.78 is 5.40. The van der Waals surface area contributed by atoms with Crippen molar-refractivity contribution < 1.29 is 14.3 Å². The van der Waals surface area contributed by atoms with Crippen molar-refractivity contribution in [2.24, 2.45) is 5.73 Å². The molecule has 0 aromatic carbocycles. The van der Waals surface area contributed by atoms with Gasteiger partial charge >= 0.3 is 0 Å². The molecule has 6 nitrogen and oxygen atoms in total. The largest absolute Gasteiger partial charge is 0.380 e. The summed E-state index contributed by atoms with van der Waals surface area (Å²) in [7, 11) is 3.99. The van der Waals surface area contributed by atoms with E-state index in [-0.39, 0.29) is 5.91 Å². The minimum atomic E-state index is -0.456. The fraction of sp³-hybridized carbons (Fsp3) is 0.750. The van der Waals surface area contributed by atoms with Crippen molar-refractivity contribution in [2.45, 2.75) is 6.42 Å². The first-order valence-corrected chi connectivity index (χ1v) is 7.37. The Morgan fingerprint density at radius 1 is 1.37 bits per heavy atom. The van der Waals surface area contributed by atoms with E-state index in [0.717, 1.165) is 13.0 Å². The zero-order chi connectivity index (χ0) is 14.5. The molecule has 0 saturated carbocycles. The van der Waals surface area contributed by atoms with Crippen LogP contribution in [0.2, 0.25) is 0 Å². The lowest BCUT2D eigenvalue weighted by Crippen LogP contribution is -2.27. The Kier molecular flexibility index (Phi) is 11.7. The minimum Gasteiger partial charge on any atom is -0.380 e. The van der Waals surface area contributed by atoms with Gasteiger partial charge in [-0.25, -0.2) is 0 Å². The van der Waals surface area contributed by atoms with Crippen LogP contribution in [0.3, 0.4) is 0 Å². The molecule has 2 amide bonds. The third kappa shape index (κ3) is 15.2. The molecule has 0 fully saturated rings. The first-order valence-electron chi connectivity index (χ1n) is 6.22. The van der Waals surface area contributed by atoms with Crippen LogP contribution in [0, 0.1) is 6.42 Å². The van der Waals surface area contributed by atoms with E-state index in [1.54, 1.807) is 0 Å². The number of hydrogen-bond donors (Lipinski definition) is 2. The summed E-state index contributed by atoms with van der Waals surface area (Å²) in [6.07, 6.45) is 2.16. The maximum absolute atomic E-state index is 11.4. The minimum absolute atomic E-state index is 0.0313. The molecule has 111 valence electrons. The van der Waals surface area contributed by atoms with Gasteiger partial charge in [0.15, 0.2) is 0 Å². The van der Waals surface area contributed by atoms with Crippen molar-refractivity contribution in [3.63, 3.8) is 0 Å². The van der Waals surface area contributed by atoms with Crippen LogP contribution >= 0.6 is 11.8 Å². The number of ether oxygens (including phenoxy) is 1. The van der Waals surface area contributed by atoms with E-state index < -0.39 is 5.91 Å². The number of carbonyl (C=O) groups excluding carboxylic acids is 2. The summed E-state index contributed by atoms with van der Waals surface area (Å²) in [6, 6.07) is 0. The summed E-state index contributed by atoms with van der Waals surface area (Å²) in [4.78, 5) is 23.8. The molecule has 0 aromatic heterocycles. The molecule has 7 heteroatoms. The summed E-state index contributed by atoms with van der Waals surface area (Å²) in [6.45, 7) is 2.87. The molecule has 1 radical (unpaired) electrons. The summed E-state index contributed by atoms with van der Waals surface area (Å²) in [5.41, 5.74) is 4.94. The van der Waals surface area contributed by atoms with Gasteiger partial charge in [-0.3, -0.25) is 9.59 Å². The van der Waals surface area contributed by atoms with Crippen molar-refractivity contribution in [3.8, 4) is 0 Å². The zero-order valence-electron chi connectivity index (χ0n) is 11.7. The molecule has 0 aromatic rings. The Labute approximate surface area is 119 Å². The topological polar surface area (TPSA) is 84.7 Å². The molecule has 0 spiro atoms. The van der Waals surface area contributed by atoms with Crippen LogP contribution < -0.4 is 11.1 Å². The Hall–Kier alpha value is -0.790. The predicted molar refractivity (Wildman–Crippen MR) is 77.8 cm³/mol. The zero-order valence-corrected chi connectivity index (χ0v) is 12.5. The number of rotatable bonds is 12. The average molecular weight is 290 g/mol. The second-order valence-corrected chi connectivity index (χ2v) is 5.27. The van der Waals surface area contributed by atoms with Crippen LogP contribution in [-0.2, 0) is 14.3 Å². The quantitative estimate of drug-likeness (QED) is 0.473. The molecule has 0 aliphatic rings. The number of primary amides is 1. The van der Waals surface area contributed by atoms with E-state index in [4.69, 9.17) is 10.5 Å². The molecule has 0 aliphatic heterocycles. The first kappa shape index (κ1) is 18.2. The molecule has 0 atom stereocenters. The normalized spacial score (nSPS) is 10.7. The Morgan fingerprint density at radius 3 is 2.74 bits per heavy atom. The van der Waals surface area contributed by atoms with E-state index >= 15 is 0 Å². The van der Waals surface area contributed by atoms with E-state index in [9.17, 15) is 9.59 Å². The number of hydrogen-bond acceptors (Lipinski definition) is 5. The molecule has 3 N–H and O–H groups in total. The lowest BCUT2D eigenvalue weighted by molar-refractivity contribution is -0.118. The van der Waals surface area contributed by atoms with E-state index in [0.29, 0.717) is 31.3 Å². The maximum Gasteiger partial charge on any atom is 0.229 e. The van der Waals surface area contributed by atoms with Gasteiger partial charge in [0.1, 0.15) is 0 Å². The van der Waals surface area contributed by atoms with Crippen LogP contribution in [0.1, 0.15) is 6.42 Å². The molecule has 19 heavy (non-hydrogen) atoms. The Bertz CT molecular complexity index is 263. The van der Waals surface area contributed by atoms with Gasteiger partial charge in [-0.2, -0.15) is 11.8 Å². The van der Waals surface area contributed by atoms with Crippen molar-refractivity contribution >= 4 is 23.6 Å². The van der Waals surface area contributed by atoms with Crippen LogP contribution in [0.25, 0.3) is 0 Å². The third-order valence-electron chi connectivity index (χ3n) is 2.11. The molecule has 0 unspecified atom stereocenters. The smallest absolute Gasteiger partial charge is 0.229 e. The van der Waals surface area contributed by atoms with Crippen LogP contribution in [0.4, 0.5) is 0 Å². The molecule has 0 saturated heterocycles. The Balaban J connectivity index is 3.22. The van der Waals surface area contributed by atoms with Gasteiger partial charge in [-0.05, 0) is 20.5 Å². The summed E-state index contributed by atoms with van der Waals surface area (Å²) >= 11 is 1.36. The van der Waals surface area contributed by atoms with Gasteiger partial charge < -0.3 is 20.7 Å². The van der Waals surface area contributed by atoms with Crippen molar-refractivity contribution in [1.82, 2.24) is 10.2 Å². The van der Waals surface area contributed by atoms with Crippen LogP contribution in [0.15, 0.2) is 0 Å². The monoisotopic (exact) mass is 290 g/mol. The second-order valence-electron chi connectivity index (χ2n) is 4.24. The fourth-order valence-electron chi connectivity index (χ4n) is 1.09. The van der Waals surface area contributed by atoms with E-state index in [1.807, 2.05) is 14.1 Å². The molecule has 0 aliphatic carbocycles. The van der Waals surface area contributed by atoms with Gasteiger partial charge in [0, 0.05) is 25.4 Å². The van der Waals surface area contributed by atoms with E-state index in [2.05, 4.69) is 10.2 Å². The number of amides is 2. The predicted octanol–water partition coefficient (Wildman–Crippen LogP) is -0.506. The highest BCUT2D eigenvalue weighted by molar-refractivity contribution is 8.00. The van der Waals surface area contributed by atoms with Crippen LogP contribution in [-0.4, -0.2) is 68.6 Å². The SMILES string of the molecule is CN(C)CCOCCCNC(=O)CSC[CH]C(N)=O. The number of thioether (sulfide) groups is 1. The molecular weight excluding hydrogens is 266 g/mol. The average Bonchev–Trinajstić information content (AvgIpc) is 2.33. The Morgan fingerprint density at radius 2 is 2.11 bits per heavy atom. The van der Waals surface area contributed by atoms with Crippen LogP contribution in [0.5, 0.6) is 0 Å². The van der Waals surface area contributed by atoms with Crippen molar-refractivity contribution in [1.29, 1.82) is 0 Å². The number of carbonyl (C=O) groups is 2. The number of nitrogens with two attached hydrogens (primary N) is 1. The number of nitrogens with zero attached hydrogens (tertiary/aromatic N) is 1. The number of nitrogens with one attached hydrogen (secondary N) is 1. The third-order valence-corrected chi connectivity index (χ3v) is 2.97.